The van der Waals surface area contributed by atoms with Crippen LogP contribution >= 0.6 is 0 Å². The first kappa shape index (κ1) is 18.3. The molecule has 4 nitrogen and oxygen atoms in total. The number of likely N-dealkylation sites (tertiary alicyclic amines) is 1. The summed E-state index contributed by atoms with van der Waals surface area (Å²) in [4.78, 5) is 14.0. The molecule has 0 spiro atoms. The predicted molar refractivity (Wildman–Crippen MR) is 87.5 cm³/mol. The Balaban J connectivity index is 2.47. The van der Waals surface area contributed by atoms with Crippen molar-refractivity contribution in [3.63, 3.8) is 0 Å². The molecule has 0 aromatic rings. The molecule has 21 heavy (non-hydrogen) atoms. The van der Waals surface area contributed by atoms with Crippen LogP contribution in [0.1, 0.15) is 66.7 Å². The predicted octanol–water partition coefficient (Wildman–Crippen LogP) is 3.80. The first-order valence-corrected chi connectivity index (χ1v) is 8.58. The van der Waals surface area contributed by atoms with Crippen molar-refractivity contribution in [1.82, 2.24) is 10.2 Å². The molecular weight excluding hydrogens is 264 g/mol. The number of nitrogens with zero attached hydrogens (tertiary/aromatic N) is 1. The molecule has 0 aromatic heterocycles. The van der Waals surface area contributed by atoms with E-state index < -0.39 is 5.60 Å². The number of unbranched alkanes of at least 4 members (excludes halogenated alkanes) is 2. The third-order valence-corrected chi connectivity index (χ3v) is 4.03. The summed E-state index contributed by atoms with van der Waals surface area (Å²) in [6, 6.07) is 0.536. The number of amides is 1. The zero-order valence-electron chi connectivity index (χ0n) is 14.6. The summed E-state index contributed by atoms with van der Waals surface area (Å²) in [5.74, 6) is 0.564. The number of hydrogen-bond acceptors (Lipinski definition) is 3. The smallest absolute Gasteiger partial charge is 0.410 e. The van der Waals surface area contributed by atoms with Crippen LogP contribution in [0.3, 0.4) is 0 Å². The normalized spacial score (nSPS) is 20.6. The number of carbonyl (C=O) groups is 1. The van der Waals surface area contributed by atoms with E-state index in [2.05, 4.69) is 19.2 Å². The van der Waals surface area contributed by atoms with Crippen LogP contribution in [0.15, 0.2) is 0 Å². The molecule has 1 fully saturated rings. The van der Waals surface area contributed by atoms with Gasteiger partial charge in [-0.25, -0.2) is 4.79 Å². The largest absolute Gasteiger partial charge is 0.444 e. The first-order chi connectivity index (χ1) is 9.87. The molecule has 0 bridgehead atoms. The van der Waals surface area contributed by atoms with Crippen molar-refractivity contribution in [2.75, 3.05) is 19.6 Å². The van der Waals surface area contributed by atoms with Gasteiger partial charge in [0, 0.05) is 19.1 Å². The van der Waals surface area contributed by atoms with Crippen molar-refractivity contribution in [3.8, 4) is 0 Å². The van der Waals surface area contributed by atoms with E-state index in [0.717, 1.165) is 26.1 Å². The number of rotatable bonds is 7. The highest BCUT2D eigenvalue weighted by molar-refractivity contribution is 5.68. The highest BCUT2D eigenvalue weighted by Gasteiger charge is 2.33. The van der Waals surface area contributed by atoms with Gasteiger partial charge in [0.1, 0.15) is 5.60 Å². The fraction of sp³-hybridized carbons (Fsp3) is 0.941. The van der Waals surface area contributed by atoms with Crippen molar-refractivity contribution < 1.29 is 9.53 Å². The second-order valence-corrected chi connectivity index (χ2v) is 7.14. The van der Waals surface area contributed by atoms with Gasteiger partial charge in [0.15, 0.2) is 0 Å². The second kappa shape index (κ2) is 8.62. The van der Waals surface area contributed by atoms with Gasteiger partial charge in [-0.2, -0.15) is 0 Å². The monoisotopic (exact) mass is 298 g/mol. The van der Waals surface area contributed by atoms with Gasteiger partial charge < -0.3 is 15.0 Å². The molecule has 1 rings (SSSR count). The number of ether oxygens (including phenoxy) is 1. The molecule has 4 heteroatoms. The van der Waals surface area contributed by atoms with Gasteiger partial charge in [-0.1, -0.05) is 33.1 Å². The quantitative estimate of drug-likeness (QED) is 0.727. The highest BCUT2D eigenvalue weighted by Crippen LogP contribution is 2.24. The summed E-state index contributed by atoms with van der Waals surface area (Å²) < 4.78 is 5.47. The maximum absolute atomic E-state index is 12.1. The molecule has 0 radical (unpaired) electrons. The van der Waals surface area contributed by atoms with Gasteiger partial charge in [0.05, 0.1) is 0 Å². The third-order valence-electron chi connectivity index (χ3n) is 4.03. The lowest BCUT2D eigenvalue weighted by Crippen LogP contribution is -2.40. The van der Waals surface area contributed by atoms with Gasteiger partial charge in [-0.15, -0.1) is 0 Å². The Morgan fingerprint density at radius 1 is 1.33 bits per heavy atom. The second-order valence-electron chi connectivity index (χ2n) is 7.14. The van der Waals surface area contributed by atoms with Crippen LogP contribution in [0.5, 0.6) is 0 Å². The van der Waals surface area contributed by atoms with E-state index in [0.29, 0.717) is 12.0 Å². The molecule has 1 N–H and O–H groups in total. The molecule has 1 saturated heterocycles. The summed E-state index contributed by atoms with van der Waals surface area (Å²) in [6.45, 7) is 12.8. The number of nitrogens with one attached hydrogen (secondary N) is 1. The fourth-order valence-corrected chi connectivity index (χ4v) is 2.99. The Bertz CT molecular complexity index is 312. The van der Waals surface area contributed by atoms with E-state index in [-0.39, 0.29) is 6.09 Å². The van der Waals surface area contributed by atoms with Crippen LogP contribution in [0.25, 0.3) is 0 Å². The molecule has 0 aliphatic carbocycles. The Hall–Kier alpha value is -0.770. The van der Waals surface area contributed by atoms with Crippen LogP contribution in [0.4, 0.5) is 4.79 Å². The summed E-state index contributed by atoms with van der Waals surface area (Å²) >= 11 is 0. The Morgan fingerprint density at radius 3 is 2.62 bits per heavy atom. The maximum Gasteiger partial charge on any atom is 0.410 e. The molecule has 2 unspecified atom stereocenters. The Labute approximate surface area is 130 Å². The van der Waals surface area contributed by atoms with E-state index in [1.807, 2.05) is 25.7 Å². The zero-order valence-corrected chi connectivity index (χ0v) is 14.6. The van der Waals surface area contributed by atoms with E-state index in [1.54, 1.807) is 0 Å². The summed E-state index contributed by atoms with van der Waals surface area (Å²) in [6.07, 6.45) is 5.97. The minimum atomic E-state index is -0.405. The van der Waals surface area contributed by atoms with Crippen molar-refractivity contribution in [1.29, 1.82) is 0 Å². The van der Waals surface area contributed by atoms with Crippen LogP contribution in [0.2, 0.25) is 0 Å². The van der Waals surface area contributed by atoms with Crippen molar-refractivity contribution in [3.05, 3.63) is 0 Å². The lowest BCUT2D eigenvalue weighted by atomic mass is 9.94. The molecule has 1 amide bonds. The van der Waals surface area contributed by atoms with E-state index >= 15 is 0 Å². The standard InChI is InChI=1S/C17H34N2O2/c1-6-8-9-10-15(18-7-2)14-11-12-19(13-14)16(20)21-17(3,4)5/h14-15,18H,6-13H2,1-5H3. The highest BCUT2D eigenvalue weighted by atomic mass is 16.6. The van der Waals surface area contributed by atoms with Gasteiger partial charge >= 0.3 is 6.09 Å². The number of hydrogen-bond donors (Lipinski definition) is 1. The van der Waals surface area contributed by atoms with E-state index in [4.69, 9.17) is 4.74 Å². The molecular formula is C17H34N2O2. The van der Waals surface area contributed by atoms with E-state index in [1.165, 1.54) is 25.7 Å². The van der Waals surface area contributed by atoms with Gasteiger partial charge in [-0.3, -0.25) is 0 Å². The summed E-state index contributed by atoms with van der Waals surface area (Å²) in [5.41, 5.74) is -0.405. The molecule has 1 aliphatic heterocycles. The Kier molecular flexibility index (Phi) is 7.50. The Morgan fingerprint density at radius 2 is 2.05 bits per heavy atom. The summed E-state index contributed by atoms with van der Waals surface area (Å²) in [7, 11) is 0. The van der Waals surface area contributed by atoms with Crippen molar-refractivity contribution >= 4 is 6.09 Å². The molecule has 0 aromatic carbocycles. The van der Waals surface area contributed by atoms with E-state index in [9.17, 15) is 4.79 Å². The van der Waals surface area contributed by atoms with Gasteiger partial charge in [0.2, 0.25) is 0 Å². The molecule has 124 valence electrons. The molecule has 2 atom stereocenters. The van der Waals surface area contributed by atoms with Crippen LogP contribution in [-0.4, -0.2) is 42.3 Å². The fourth-order valence-electron chi connectivity index (χ4n) is 2.99. The lowest BCUT2D eigenvalue weighted by molar-refractivity contribution is 0.0285. The maximum atomic E-state index is 12.1. The lowest BCUT2D eigenvalue weighted by Gasteiger charge is -2.26. The topological polar surface area (TPSA) is 41.6 Å². The first-order valence-electron chi connectivity index (χ1n) is 8.58. The van der Waals surface area contributed by atoms with Gasteiger partial charge in [-0.05, 0) is 46.1 Å². The third kappa shape index (κ3) is 6.68. The molecule has 1 heterocycles. The van der Waals surface area contributed by atoms with Crippen LogP contribution < -0.4 is 5.32 Å². The van der Waals surface area contributed by atoms with Gasteiger partial charge in [0.25, 0.3) is 0 Å². The van der Waals surface area contributed by atoms with Crippen LogP contribution in [0, 0.1) is 5.92 Å². The zero-order chi connectivity index (χ0) is 15.9. The minimum Gasteiger partial charge on any atom is -0.444 e. The number of carbonyl (C=O) groups excluding carboxylic acids is 1. The average Bonchev–Trinajstić information content (AvgIpc) is 2.85. The van der Waals surface area contributed by atoms with Crippen molar-refractivity contribution in [2.45, 2.75) is 78.4 Å². The minimum absolute atomic E-state index is 0.159. The molecule has 0 saturated carbocycles. The average molecular weight is 298 g/mol. The molecule has 1 aliphatic rings. The summed E-state index contributed by atoms with van der Waals surface area (Å²) in [5, 5.41) is 3.61. The van der Waals surface area contributed by atoms with Crippen molar-refractivity contribution in [2.24, 2.45) is 5.92 Å². The SMILES string of the molecule is CCCCCC(NCC)C1CCN(C(=O)OC(C)(C)C)C1. The van der Waals surface area contributed by atoms with Crippen LogP contribution in [-0.2, 0) is 4.74 Å².